The smallest absolute Gasteiger partial charge is 0.306 e. The van der Waals surface area contributed by atoms with Crippen LogP contribution < -0.4 is 0 Å². The molecule has 22 heavy (non-hydrogen) atoms. The van der Waals surface area contributed by atoms with Gasteiger partial charge in [0.15, 0.2) is 0 Å². The van der Waals surface area contributed by atoms with E-state index in [2.05, 4.69) is 0 Å². The third-order valence-corrected chi connectivity index (χ3v) is 3.98. The molecule has 6 nitrogen and oxygen atoms in total. The first-order valence-electron chi connectivity index (χ1n) is 7.51. The molecule has 128 valence electrons. The molecule has 0 aliphatic heterocycles. The van der Waals surface area contributed by atoms with Crippen LogP contribution in [0.4, 0.5) is 0 Å². The average molecular weight is 316 g/mol. The molecule has 0 atom stereocenters. The van der Waals surface area contributed by atoms with Gasteiger partial charge < -0.3 is 15.3 Å². The van der Waals surface area contributed by atoms with E-state index in [0.717, 1.165) is 0 Å². The summed E-state index contributed by atoms with van der Waals surface area (Å²) in [4.78, 5) is 32.8. The van der Waals surface area contributed by atoms with Gasteiger partial charge in [-0.2, -0.15) is 0 Å². The van der Waals surface area contributed by atoms with Gasteiger partial charge in [0.1, 0.15) is 0 Å². The van der Waals surface area contributed by atoms with Crippen molar-refractivity contribution >= 4 is 17.9 Å². The standard InChI is InChI=1S/C16H28O6/c1-15(2,7-5-12(17)18)9-11(14(21)22)10-16(3,4)8-6-13(19)20/h11H,5-10H2,1-4H3,(H,17,18)(H,19,20)(H,21,22). The Labute approximate surface area is 131 Å². The van der Waals surface area contributed by atoms with Gasteiger partial charge in [-0.1, -0.05) is 27.7 Å². The molecule has 0 amide bonds. The fourth-order valence-corrected chi connectivity index (χ4v) is 2.68. The van der Waals surface area contributed by atoms with E-state index >= 15 is 0 Å². The van der Waals surface area contributed by atoms with Crippen molar-refractivity contribution in [1.82, 2.24) is 0 Å². The maximum Gasteiger partial charge on any atom is 0.306 e. The second-order valence-electron chi connectivity index (χ2n) is 7.56. The molecule has 0 fully saturated rings. The van der Waals surface area contributed by atoms with Gasteiger partial charge >= 0.3 is 17.9 Å². The van der Waals surface area contributed by atoms with Gasteiger partial charge in [0.05, 0.1) is 5.92 Å². The Balaban J connectivity index is 4.75. The highest BCUT2D eigenvalue weighted by Gasteiger charge is 2.33. The Morgan fingerprint density at radius 3 is 1.32 bits per heavy atom. The third kappa shape index (κ3) is 9.37. The molecule has 0 unspecified atom stereocenters. The summed E-state index contributed by atoms with van der Waals surface area (Å²) in [5.74, 6) is -3.29. The number of hydrogen-bond acceptors (Lipinski definition) is 3. The maximum absolute atomic E-state index is 11.5. The summed E-state index contributed by atoms with van der Waals surface area (Å²) in [6, 6.07) is 0. The molecule has 6 heteroatoms. The minimum Gasteiger partial charge on any atom is -0.481 e. The Kier molecular flexibility index (Phi) is 7.56. The Bertz CT molecular complexity index is 379. The third-order valence-electron chi connectivity index (χ3n) is 3.98. The van der Waals surface area contributed by atoms with Gasteiger partial charge in [0, 0.05) is 12.8 Å². The highest BCUT2D eigenvalue weighted by molar-refractivity contribution is 5.70. The van der Waals surface area contributed by atoms with Gasteiger partial charge in [0.25, 0.3) is 0 Å². The summed E-state index contributed by atoms with van der Waals surface area (Å²) in [5.41, 5.74) is -0.769. The molecule has 3 N–H and O–H groups in total. The summed E-state index contributed by atoms with van der Waals surface area (Å²) in [7, 11) is 0. The van der Waals surface area contributed by atoms with Crippen molar-refractivity contribution in [2.45, 2.75) is 66.2 Å². The predicted octanol–water partition coefficient (Wildman–Crippen LogP) is 3.25. The van der Waals surface area contributed by atoms with Crippen LogP contribution in [0.2, 0.25) is 0 Å². The fraction of sp³-hybridized carbons (Fsp3) is 0.812. The van der Waals surface area contributed by atoms with Crippen molar-refractivity contribution < 1.29 is 29.7 Å². The van der Waals surface area contributed by atoms with Gasteiger partial charge in [-0.05, 0) is 36.5 Å². The summed E-state index contributed by atoms with van der Waals surface area (Å²) >= 11 is 0. The van der Waals surface area contributed by atoms with Crippen molar-refractivity contribution in [2.75, 3.05) is 0 Å². The molecule has 0 rings (SSSR count). The molecule has 0 spiro atoms. The van der Waals surface area contributed by atoms with Crippen LogP contribution in [0.3, 0.4) is 0 Å². The molecule has 0 heterocycles. The van der Waals surface area contributed by atoms with Crippen LogP contribution >= 0.6 is 0 Å². The van der Waals surface area contributed by atoms with Crippen LogP contribution in [0.1, 0.15) is 66.2 Å². The normalized spacial score (nSPS) is 12.4. The molecule has 0 aliphatic rings. The largest absolute Gasteiger partial charge is 0.481 e. The Hall–Kier alpha value is -1.59. The van der Waals surface area contributed by atoms with E-state index < -0.39 is 23.8 Å². The minimum absolute atomic E-state index is 0.0156. The quantitative estimate of drug-likeness (QED) is 0.539. The van der Waals surface area contributed by atoms with Crippen molar-refractivity contribution in [2.24, 2.45) is 16.7 Å². The molecular formula is C16H28O6. The number of rotatable bonds is 11. The minimum atomic E-state index is -0.910. The second kappa shape index (κ2) is 8.15. The van der Waals surface area contributed by atoms with Crippen molar-refractivity contribution in [3.8, 4) is 0 Å². The van der Waals surface area contributed by atoms with E-state index in [1.165, 1.54) is 0 Å². The second-order valence-corrected chi connectivity index (χ2v) is 7.56. The Morgan fingerprint density at radius 2 is 1.09 bits per heavy atom. The van der Waals surface area contributed by atoms with Crippen molar-refractivity contribution in [3.63, 3.8) is 0 Å². The van der Waals surface area contributed by atoms with E-state index in [1.54, 1.807) is 0 Å². The van der Waals surface area contributed by atoms with Crippen molar-refractivity contribution in [3.05, 3.63) is 0 Å². The monoisotopic (exact) mass is 316 g/mol. The highest BCUT2D eigenvalue weighted by Crippen LogP contribution is 2.38. The maximum atomic E-state index is 11.5. The highest BCUT2D eigenvalue weighted by atomic mass is 16.4. The van der Waals surface area contributed by atoms with E-state index in [-0.39, 0.29) is 23.7 Å². The summed E-state index contributed by atoms with van der Waals surface area (Å²) in [6.45, 7) is 7.48. The van der Waals surface area contributed by atoms with Crippen molar-refractivity contribution in [1.29, 1.82) is 0 Å². The lowest BCUT2D eigenvalue weighted by Crippen LogP contribution is -2.28. The van der Waals surface area contributed by atoms with Gasteiger partial charge in [-0.25, -0.2) is 0 Å². The first kappa shape index (κ1) is 20.4. The number of carboxylic acids is 3. The van der Waals surface area contributed by atoms with Gasteiger partial charge in [-0.3, -0.25) is 14.4 Å². The number of hydrogen-bond donors (Lipinski definition) is 3. The molecule has 0 aromatic rings. The lowest BCUT2D eigenvalue weighted by molar-refractivity contribution is -0.144. The van der Waals surface area contributed by atoms with Crippen LogP contribution in [0.5, 0.6) is 0 Å². The zero-order valence-electron chi connectivity index (χ0n) is 13.9. The summed E-state index contributed by atoms with van der Waals surface area (Å²) in [5, 5.41) is 26.9. The zero-order chi connectivity index (χ0) is 17.6. The molecule has 0 aromatic heterocycles. The van der Waals surface area contributed by atoms with Crippen LogP contribution in [0, 0.1) is 16.7 Å². The molecule has 0 radical (unpaired) electrons. The van der Waals surface area contributed by atoms with Gasteiger partial charge in [0.2, 0.25) is 0 Å². The van der Waals surface area contributed by atoms with E-state index in [0.29, 0.717) is 25.7 Å². The fourth-order valence-electron chi connectivity index (χ4n) is 2.68. The molecule has 0 aromatic carbocycles. The van der Waals surface area contributed by atoms with E-state index in [4.69, 9.17) is 10.2 Å². The molecule has 0 aliphatic carbocycles. The first-order valence-corrected chi connectivity index (χ1v) is 7.51. The number of carboxylic acid groups (broad SMARTS) is 3. The molecule has 0 saturated heterocycles. The number of carbonyl (C=O) groups is 3. The van der Waals surface area contributed by atoms with Crippen LogP contribution in [0.15, 0.2) is 0 Å². The first-order chi connectivity index (χ1) is 9.84. The Morgan fingerprint density at radius 1 is 0.773 bits per heavy atom. The predicted molar refractivity (Wildman–Crippen MR) is 81.7 cm³/mol. The molecular weight excluding hydrogens is 288 g/mol. The average Bonchev–Trinajstić information content (AvgIpc) is 2.33. The lowest BCUT2D eigenvalue weighted by Gasteiger charge is -2.32. The molecule has 0 saturated carbocycles. The SMILES string of the molecule is CC(C)(CCC(=O)O)CC(CC(C)(C)CCC(=O)O)C(=O)O. The zero-order valence-corrected chi connectivity index (χ0v) is 13.9. The van der Waals surface area contributed by atoms with E-state index in [1.807, 2.05) is 27.7 Å². The van der Waals surface area contributed by atoms with Crippen LogP contribution in [0.25, 0.3) is 0 Å². The lowest BCUT2D eigenvalue weighted by atomic mass is 9.72. The van der Waals surface area contributed by atoms with E-state index in [9.17, 15) is 19.5 Å². The molecule has 0 bridgehead atoms. The topological polar surface area (TPSA) is 112 Å². The van der Waals surface area contributed by atoms with Crippen LogP contribution in [-0.4, -0.2) is 33.2 Å². The summed E-state index contributed by atoms with van der Waals surface area (Å²) in [6.07, 6.45) is 1.63. The van der Waals surface area contributed by atoms with Gasteiger partial charge in [-0.15, -0.1) is 0 Å². The summed E-state index contributed by atoms with van der Waals surface area (Å²) < 4.78 is 0. The number of aliphatic carboxylic acids is 3. The van der Waals surface area contributed by atoms with Crippen LogP contribution in [-0.2, 0) is 14.4 Å².